The van der Waals surface area contributed by atoms with Gasteiger partial charge in [0.1, 0.15) is 12.1 Å². The third kappa shape index (κ3) is 4.26. The predicted octanol–water partition coefficient (Wildman–Crippen LogP) is 2.69. The molecule has 25 heavy (non-hydrogen) atoms. The fraction of sp³-hybridized carbons (Fsp3) is 0.421. The SMILES string of the molecule is CCCNC(=O)N1CCN(c2cc(-c3ccc(C)cc3)ncn2)CC1. The Labute approximate surface area is 148 Å². The van der Waals surface area contributed by atoms with Gasteiger partial charge in [-0.2, -0.15) is 0 Å². The van der Waals surface area contributed by atoms with Gasteiger partial charge in [-0.05, 0) is 13.3 Å². The average molecular weight is 339 g/mol. The highest BCUT2D eigenvalue weighted by Crippen LogP contribution is 2.22. The first-order chi connectivity index (χ1) is 12.2. The highest BCUT2D eigenvalue weighted by molar-refractivity contribution is 5.74. The number of rotatable bonds is 4. The molecule has 132 valence electrons. The summed E-state index contributed by atoms with van der Waals surface area (Å²) in [5.41, 5.74) is 3.25. The first-order valence-corrected chi connectivity index (χ1v) is 8.84. The summed E-state index contributed by atoms with van der Waals surface area (Å²) < 4.78 is 0. The summed E-state index contributed by atoms with van der Waals surface area (Å²) in [6.07, 6.45) is 2.57. The van der Waals surface area contributed by atoms with Crippen LogP contribution in [-0.4, -0.2) is 53.6 Å². The van der Waals surface area contributed by atoms with Gasteiger partial charge in [-0.25, -0.2) is 14.8 Å². The van der Waals surface area contributed by atoms with Gasteiger partial charge in [0, 0.05) is 44.4 Å². The van der Waals surface area contributed by atoms with E-state index in [4.69, 9.17) is 0 Å². The molecule has 6 nitrogen and oxygen atoms in total. The van der Waals surface area contributed by atoms with Crippen molar-refractivity contribution >= 4 is 11.8 Å². The van der Waals surface area contributed by atoms with E-state index in [0.29, 0.717) is 13.1 Å². The first-order valence-electron chi connectivity index (χ1n) is 8.84. The van der Waals surface area contributed by atoms with Gasteiger partial charge in [-0.1, -0.05) is 36.8 Å². The number of piperazine rings is 1. The minimum absolute atomic E-state index is 0.0320. The van der Waals surface area contributed by atoms with E-state index in [9.17, 15) is 4.79 Å². The Kier molecular flexibility index (Phi) is 5.48. The lowest BCUT2D eigenvalue weighted by Gasteiger charge is -2.35. The zero-order valence-corrected chi connectivity index (χ0v) is 14.9. The number of hydrogen-bond acceptors (Lipinski definition) is 4. The van der Waals surface area contributed by atoms with E-state index in [1.165, 1.54) is 5.56 Å². The molecule has 6 heteroatoms. The van der Waals surface area contributed by atoms with Gasteiger partial charge in [-0.3, -0.25) is 0 Å². The normalized spacial score (nSPS) is 14.5. The standard InChI is InChI=1S/C19H25N5O/c1-3-8-20-19(25)24-11-9-23(10-12-24)18-13-17(21-14-22-18)16-6-4-15(2)5-7-16/h4-7,13-14H,3,8-12H2,1-2H3,(H,20,25). The van der Waals surface area contributed by atoms with Crippen LogP contribution in [-0.2, 0) is 0 Å². The molecule has 1 aromatic carbocycles. The Morgan fingerprint density at radius 3 is 2.52 bits per heavy atom. The van der Waals surface area contributed by atoms with E-state index in [-0.39, 0.29) is 6.03 Å². The third-order valence-electron chi connectivity index (χ3n) is 4.42. The largest absolute Gasteiger partial charge is 0.353 e. The fourth-order valence-corrected chi connectivity index (χ4v) is 2.88. The van der Waals surface area contributed by atoms with Crippen LogP contribution >= 0.6 is 0 Å². The van der Waals surface area contributed by atoms with Crippen molar-refractivity contribution in [2.24, 2.45) is 0 Å². The summed E-state index contributed by atoms with van der Waals surface area (Å²) in [6.45, 7) is 7.84. The second-order valence-corrected chi connectivity index (χ2v) is 6.33. The van der Waals surface area contributed by atoms with E-state index >= 15 is 0 Å². The Morgan fingerprint density at radius 2 is 1.84 bits per heavy atom. The first kappa shape index (κ1) is 17.2. The lowest BCUT2D eigenvalue weighted by atomic mass is 10.1. The lowest BCUT2D eigenvalue weighted by Crippen LogP contribution is -2.52. The molecule has 2 heterocycles. The molecule has 1 aliphatic rings. The van der Waals surface area contributed by atoms with Crippen LogP contribution in [0.25, 0.3) is 11.3 Å². The zero-order chi connectivity index (χ0) is 17.6. The summed E-state index contributed by atoms with van der Waals surface area (Å²) in [4.78, 5) is 24.9. The number of carbonyl (C=O) groups excluding carboxylic acids is 1. The molecule has 1 fully saturated rings. The number of nitrogens with zero attached hydrogens (tertiary/aromatic N) is 4. The number of hydrogen-bond donors (Lipinski definition) is 1. The molecule has 0 spiro atoms. The van der Waals surface area contributed by atoms with Gasteiger partial charge in [0.05, 0.1) is 5.69 Å². The monoisotopic (exact) mass is 339 g/mol. The van der Waals surface area contributed by atoms with Crippen molar-refractivity contribution in [1.82, 2.24) is 20.2 Å². The zero-order valence-electron chi connectivity index (χ0n) is 14.9. The van der Waals surface area contributed by atoms with Crippen molar-refractivity contribution in [2.75, 3.05) is 37.6 Å². The van der Waals surface area contributed by atoms with Crippen LogP contribution in [0.5, 0.6) is 0 Å². The van der Waals surface area contributed by atoms with Crippen LogP contribution in [0, 0.1) is 6.92 Å². The highest BCUT2D eigenvalue weighted by atomic mass is 16.2. The summed E-state index contributed by atoms with van der Waals surface area (Å²) in [6, 6.07) is 10.4. The van der Waals surface area contributed by atoms with Gasteiger partial charge in [0.15, 0.2) is 0 Å². The Hall–Kier alpha value is -2.63. The van der Waals surface area contributed by atoms with Gasteiger partial charge in [-0.15, -0.1) is 0 Å². The van der Waals surface area contributed by atoms with Crippen LogP contribution in [0.3, 0.4) is 0 Å². The van der Waals surface area contributed by atoms with Crippen LogP contribution in [0.1, 0.15) is 18.9 Å². The maximum Gasteiger partial charge on any atom is 0.317 e. The number of nitrogens with one attached hydrogen (secondary N) is 1. The van der Waals surface area contributed by atoms with Crippen molar-refractivity contribution in [1.29, 1.82) is 0 Å². The number of aryl methyl sites for hydroxylation is 1. The molecular weight excluding hydrogens is 314 g/mol. The highest BCUT2D eigenvalue weighted by Gasteiger charge is 2.21. The minimum Gasteiger partial charge on any atom is -0.353 e. The quantitative estimate of drug-likeness (QED) is 0.930. The van der Waals surface area contributed by atoms with Crippen molar-refractivity contribution < 1.29 is 4.79 Å². The summed E-state index contributed by atoms with van der Waals surface area (Å²) in [5.74, 6) is 0.916. The van der Waals surface area contributed by atoms with Gasteiger partial charge < -0.3 is 15.1 Å². The van der Waals surface area contributed by atoms with Gasteiger partial charge in [0.25, 0.3) is 0 Å². The van der Waals surface area contributed by atoms with E-state index in [2.05, 4.69) is 58.3 Å². The molecule has 2 amide bonds. The molecule has 2 aromatic rings. The molecular formula is C19H25N5O. The number of urea groups is 1. The van der Waals surface area contributed by atoms with Crippen molar-refractivity contribution in [2.45, 2.75) is 20.3 Å². The molecule has 0 atom stereocenters. The number of amides is 2. The Morgan fingerprint density at radius 1 is 1.12 bits per heavy atom. The summed E-state index contributed by atoms with van der Waals surface area (Å²) in [5, 5.41) is 2.93. The lowest BCUT2D eigenvalue weighted by molar-refractivity contribution is 0.194. The number of aromatic nitrogens is 2. The van der Waals surface area contributed by atoms with E-state index < -0.39 is 0 Å². The van der Waals surface area contributed by atoms with Gasteiger partial charge in [0.2, 0.25) is 0 Å². The maximum absolute atomic E-state index is 12.0. The molecule has 3 rings (SSSR count). The summed E-state index contributed by atoms with van der Waals surface area (Å²) >= 11 is 0. The summed E-state index contributed by atoms with van der Waals surface area (Å²) in [7, 11) is 0. The van der Waals surface area contributed by atoms with Crippen molar-refractivity contribution in [3.8, 4) is 11.3 Å². The Balaban J connectivity index is 1.65. The van der Waals surface area contributed by atoms with Crippen LogP contribution in [0.4, 0.5) is 10.6 Å². The molecule has 0 unspecified atom stereocenters. The smallest absolute Gasteiger partial charge is 0.317 e. The second kappa shape index (κ2) is 7.96. The van der Waals surface area contributed by atoms with Gasteiger partial charge >= 0.3 is 6.03 Å². The molecule has 0 bridgehead atoms. The molecule has 0 radical (unpaired) electrons. The number of anilines is 1. The maximum atomic E-state index is 12.0. The molecule has 0 aliphatic carbocycles. The molecule has 1 saturated heterocycles. The Bertz CT molecular complexity index is 708. The minimum atomic E-state index is 0.0320. The van der Waals surface area contributed by atoms with E-state index in [1.807, 2.05) is 11.0 Å². The fourth-order valence-electron chi connectivity index (χ4n) is 2.88. The molecule has 1 aromatic heterocycles. The topological polar surface area (TPSA) is 61.4 Å². The van der Waals surface area contributed by atoms with Crippen LogP contribution in [0.2, 0.25) is 0 Å². The van der Waals surface area contributed by atoms with Crippen LogP contribution < -0.4 is 10.2 Å². The number of carbonyl (C=O) groups is 1. The van der Waals surface area contributed by atoms with E-state index in [1.54, 1.807) is 6.33 Å². The van der Waals surface area contributed by atoms with Crippen molar-refractivity contribution in [3.05, 3.63) is 42.2 Å². The average Bonchev–Trinajstić information content (AvgIpc) is 2.67. The molecule has 1 aliphatic heterocycles. The molecule has 0 saturated carbocycles. The van der Waals surface area contributed by atoms with E-state index in [0.717, 1.165) is 43.1 Å². The van der Waals surface area contributed by atoms with Crippen LogP contribution in [0.15, 0.2) is 36.7 Å². The predicted molar refractivity (Wildman–Crippen MR) is 99.7 cm³/mol. The third-order valence-corrected chi connectivity index (χ3v) is 4.42. The second-order valence-electron chi connectivity index (χ2n) is 6.33. The number of benzene rings is 1. The van der Waals surface area contributed by atoms with Crippen molar-refractivity contribution in [3.63, 3.8) is 0 Å². The molecule has 1 N–H and O–H groups in total.